The second-order valence-corrected chi connectivity index (χ2v) is 4.88. The molecule has 0 saturated carbocycles. The highest BCUT2D eigenvalue weighted by Crippen LogP contribution is 2.06. The van der Waals surface area contributed by atoms with Crippen molar-refractivity contribution in [3.8, 4) is 0 Å². The molecule has 0 radical (unpaired) electrons. The zero-order valence-corrected chi connectivity index (χ0v) is 10.2. The van der Waals surface area contributed by atoms with Gasteiger partial charge in [-0.3, -0.25) is 0 Å². The van der Waals surface area contributed by atoms with Crippen molar-refractivity contribution in [2.75, 3.05) is 13.1 Å². The van der Waals surface area contributed by atoms with Gasteiger partial charge in [-0.1, -0.05) is 12.1 Å². The van der Waals surface area contributed by atoms with Crippen molar-refractivity contribution in [2.24, 2.45) is 5.73 Å². The van der Waals surface area contributed by atoms with Crippen LogP contribution in [0.3, 0.4) is 0 Å². The maximum Gasteiger partial charge on any atom is 0.215 e. The molecule has 0 bridgehead atoms. The van der Waals surface area contributed by atoms with Gasteiger partial charge < -0.3 is 5.73 Å². The van der Waals surface area contributed by atoms with Gasteiger partial charge in [0.05, 0.1) is 5.75 Å². The second-order valence-electron chi connectivity index (χ2n) is 3.07. The minimum Gasteiger partial charge on any atom is -0.329 e. The van der Waals surface area contributed by atoms with Crippen molar-refractivity contribution in [2.45, 2.75) is 5.75 Å². The van der Waals surface area contributed by atoms with Crippen LogP contribution in [0.1, 0.15) is 5.56 Å². The number of hydrogen-bond acceptors (Lipinski definition) is 3. The molecule has 0 aliphatic carbocycles. The van der Waals surface area contributed by atoms with Crippen LogP contribution in [0, 0.1) is 5.82 Å². The van der Waals surface area contributed by atoms with E-state index in [1.54, 1.807) is 0 Å². The van der Waals surface area contributed by atoms with Gasteiger partial charge >= 0.3 is 0 Å². The van der Waals surface area contributed by atoms with E-state index >= 15 is 0 Å². The van der Waals surface area contributed by atoms with Crippen molar-refractivity contribution in [1.29, 1.82) is 0 Å². The first-order chi connectivity index (χ1) is 7.03. The highest BCUT2D eigenvalue weighted by atomic mass is 35.5. The maximum absolute atomic E-state index is 12.5. The Kier molecular flexibility index (Phi) is 6.51. The minimum atomic E-state index is -3.36. The number of rotatable bonds is 5. The quantitative estimate of drug-likeness (QED) is 0.823. The Morgan fingerprint density at radius 3 is 2.31 bits per heavy atom. The molecule has 0 spiro atoms. The molecule has 0 aromatic heterocycles. The smallest absolute Gasteiger partial charge is 0.215 e. The average molecular weight is 269 g/mol. The van der Waals surface area contributed by atoms with E-state index in [4.69, 9.17) is 5.73 Å². The fraction of sp³-hybridized carbons (Fsp3) is 0.333. The summed E-state index contributed by atoms with van der Waals surface area (Å²) in [6.45, 7) is 0.464. The first kappa shape index (κ1) is 15.3. The Hall–Kier alpha value is -0.690. The van der Waals surface area contributed by atoms with Crippen molar-refractivity contribution < 1.29 is 12.8 Å². The normalized spacial score (nSPS) is 10.9. The van der Waals surface area contributed by atoms with E-state index in [9.17, 15) is 12.8 Å². The molecule has 7 heteroatoms. The standard InChI is InChI=1S/C9H13FN2O2S.ClH/c10-9-3-1-8(2-4-9)7-15(13,14)12-6-5-11;/h1-4,12H,5-7,11H2;1H. The van der Waals surface area contributed by atoms with Gasteiger partial charge in [0.2, 0.25) is 10.0 Å². The van der Waals surface area contributed by atoms with Crippen LogP contribution < -0.4 is 10.5 Å². The molecule has 1 aromatic rings. The summed E-state index contributed by atoms with van der Waals surface area (Å²) >= 11 is 0. The van der Waals surface area contributed by atoms with Crippen LogP contribution in [0.15, 0.2) is 24.3 Å². The molecule has 3 N–H and O–H groups in total. The minimum absolute atomic E-state index is 0. The van der Waals surface area contributed by atoms with Gasteiger partial charge in [0.15, 0.2) is 0 Å². The Balaban J connectivity index is 0.00000225. The number of halogens is 2. The summed E-state index contributed by atoms with van der Waals surface area (Å²) in [5, 5.41) is 0. The van der Waals surface area contributed by atoms with Crippen LogP contribution in [0.5, 0.6) is 0 Å². The third-order valence-electron chi connectivity index (χ3n) is 1.74. The van der Waals surface area contributed by atoms with Gasteiger partial charge in [-0.05, 0) is 17.7 Å². The van der Waals surface area contributed by atoms with Crippen LogP contribution in [-0.4, -0.2) is 21.5 Å². The molecule has 0 fully saturated rings. The molecule has 16 heavy (non-hydrogen) atoms. The van der Waals surface area contributed by atoms with E-state index in [1.165, 1.54) is 24.3 Å². The summed E-state index contributed by atoms with van der Waals surface area (Å²) in [6, 6.07) is 5.34. The Labute approximate surface area is 100 Å². The summed E-state index contributed by atoms with van der Waals surface area (Å²) in [5.74, 6) is -0.543. The van der Waals surface area contributed by atoms with E-state index < -0.39 is 10.0 Å². The first-order valence-electron chi connectivity index (χ1n) is 4.45. The summed E-state index contributed by atoms with van der Waals surface area (Å²) in [4.78, 5) is 0. The van der Waals surface area contributed by atoms with Gasteiger partial charge in [-0.2, -0.15) is 0 Å². The van der Waals surface area contributed by atoms with Gasteiger partial charge in [-0.25, -0.2) is 17.5 Å². The Bertz CT molecular complexity index is 408. The fourth-order valence-electron chi connectivity index (χ4n) is 1.07. The predicted octanol–water partition coefficient (Wildman–Crippen LogP) is 0.626. The Morgan fingerprint density at radius 2 is 1.81 bits per heavy atom. The lowest BCUT2D eigenvalue weighted by Crippen LogP contribution is -2.30. The number of nitrogens with two attached hydrogens (primary N) is 1. The lowest BCUT2D eigenvalue weighted by molar-refractivity contribution is 0.581. The number of benzene rings is 1. The third-order valence-corrected chi connectivity index (χ3v) is 3.09. The monoisotopic (exact) mass is 268 g/mol. The van der Waals surface area contributed by atoms with E-state index in [-0.39, 0.29) is 37.1 Å². The first-order valence-corrected chi connectivity index (χ1v) is 6.10. The Morgan fingerprint density at radius 1 is 1.25 bits per heavy atom. The van der Waals surface area contributed by atoms with E-state index in [0.29, 0.717) is 5.56 Å². The summed E-state index contributed by atoms with van der Waals surface area (Å²) < 4.78 is 37.6. The van der Waals surface area contributed by atoms with Crippen molar-refractivity contribution in [3.05, 3.63) is 35.6 Å². The largest absolute Gasteiger partial charge is 0.329 e. The van der Waals surface area contributed by atoms with Crippen LogP contribution in [-0.2, 0) is 15.8 Å². The molecule has 0 aliphatic rings. The highest BCUT2D eigenvalue weighted by Gasteiger charge is 2.09. The maximum atomic E-state index is 12.5. The molecule has 0 saturated heterocycles. The van der Waals surface area contributed by atoms with Crippen LogP contribution in [0.2, 0.25) is 0 Å². The molecule has 4 nitrogen and oxygen atoms in total. The average Bonchev–Trinajstić information content (AvgIpc) is 2.18. The zero-order valence-electron chi connectivity index (χ0n) is 8.52. The van der Waals surface area contributed by atoms with E-state index in [0.717, 1.165) is 0 Å². The topological polar surface area (TPSA) is 72.2 Å². The van der Waals surface area contributed by atoms with Gasteiger partial charge in [-0.15, -0.1) is 12.4 Å². The molecule has 1 aromatic carbocycles. The van der Waals surface area contributed by atoms with Crippen molar-refractivity contribution in [1.82, 2.24) is 4.72 Å². The second kappa shape index (κ2) is 6.80. The third kappa shape index (κ3) is 5.41. The summed E-state index contributed by atoms with van der Waals surface area (Å²) in [6.07, 6.45) is 0. The van der Waals surface area contributed by atoms with E-state index in [2.05, 4.69) is 4.72 Å². The van der Waals surface area contributed by atoms with Crippen LogP contribution in [0.4, 0.5) is 4.39 Å². The van der Waals surface area contributed by atoms with Gasteiger partial charge in [0.25, 0.3) is 0 Å². The molecule has 0 amide bonds. The highest BCUT2D eigenvalue weighted by molar-refractivity contribution is 7.88. The molecule has 0 heterocycles. The fourth-order valence-corrected chi connectivity index (χ4v) is 2.23. The lowest BCUT2D eigenvalue weighted by Gasteiger charge is -2.05. The number of nitrogens with one attached hydrogen (secondary N) is 1. The molecule has 0 atom stereocenters. The lowest BCUT2D eigenvalue weighted by atomic mass is 10.2. The number of sulfonamides is 1. The SMILES string of the molecule is Cl.NCCNS(=O)(=O)Cc1ccc(F)cc1. The van der Waals surface area contributed by atoms with Crippen molar-refractivity contribution in [3.63, 3.8) is 0 Å². The van der Waals surface area contributed by atoms with E-state index in [1.807, 2.05) is 0 Å². The molecular weight excluding hydrogens is 255 g/mol. The zero-order chi connectivity index (χ0) is 11.3. The van der Waals surface area contributed by atoms with Gasteiger partial charge in [0, 0.05) is 13.1 Å². The summed E-state index contributed by atoms with van der Waals surface area (Å²) in [5.41, 5.74) is 5.71. The summed E-state index contributed by atoms with van der Waals surface area (Å²) in [7, 11) is -3.36. The van der Waals surface area contributed by atoms with Crippen molar-refractivity contribution >= 4 is 22.4 Å². The molecule has 92 valence electrons. The molecule has 1 rings (SSSR count). The van der Waals surface area contributed by atoms with Crippen LogP contribution >= 0.6 is 12.4 Å². The molecule has 0 aliphatic heterocycles. The van der Waals surface area contributed by atoms with Crippen LogP contribution in [0.25, 0.3) is 0 Å². The molecular formula is C9H14ClFN2O2S. The number of hydrogen-bond donors (Lipinski definition) is 2. The van der Waals surface area contributed by atoms with Gasteiger partial charge in [0.1, 0.15) is 5.82 Å². The predicted molar refractivity (Wildman–Crippen MR) is 63.3 cm³/mol. The molecule has 0 unspecified atom stereocenters.